The first kappa shape index (κ1) is 22.8. The maximum atomic E-state index is 13.5. The molecular formula is C25H32N7O+. The summed E-state index contributed by atoms with van der Waals surface area (Å²) in [5, 5.41) is 5.26. The molecule has 33 heavy (non-hydrogen) atoms. The smallest absolute Gasteiger partial charge is 0.245 e. The molecule has 0 amide bonds. The largest absolute Gasteiger partial charge is 0.354 e. The zero-order valence-corrected chi connectivity index (χ0v) is 19.7. The van der Waals surface area contributed by atoms with Gasteiger partial charge in [0.25, 0.3) is 0 Å². The Balaban J connectivity index is 1.44. The first-order chi connectivity index (χ1) is 16.0. The van der Waals surface area contributed by atoms with E-state index in [1.807, 2.05) is 43.1 Å². The minimum atomic E-state index is -0.426. The fourth-order valence-electron chi connectivity index (χ4n) is 4.61. The number of hydrogen-bond acceptors (Lipinski definition) is 6. The molecule has 1 aliphatic heterocycles. The predicted octanol–water partition coefficient (Wildman–Crippen LogP) is 4.49. The fourth-order valence-corrected chi connectivity index (χ4v) is 4.61. The lowest BCUT2D eigenvalue weighted by molar-refractivity contribution is -0.779. The number of nitrogens with zero attached hydrogens (tertiary/aromatic N) is 6. The van der Waals surface area contributed by atoms with Crippen LogP contribution in [0.25, 0.3) is 11.4 Å². The van der Waals surface area contributed by atoms with Crippen LogP contribution in [0.15, 0.2) is 48.8 Å². The summed E-state index contributed by atoms with van der Waals surface area (Å²) in [7, 11) is 0. The van der Waals surface area contributed by atoms with Gasteiger partial charge in [-0.3, -0.25) is 0 Å². The third-order valence-electron chi connectivity index (χ3n) is 6.35. The second-order valence-electron chi connectivity index (χ2n) is 8.77. The molecule has 8 heteroatoms. The van der Waals surface area contributed by atoms with E-state index < -0.39 is 5.54 Å². The average molecular weight is 447 g/mol. The summed E-state index contributed by atoms with van der Waals surface area (Å²) in [5.74, 6) is 1.32. The van der Waals surface area contributed by atoms with Crippen LogP contribution in [0.4, 0.5) is 5.95 Å². The highest BCUT2D eigenvalue weighted by atomic mass is 16.3. The maximum Gasteiger partial charge on any atom is 0.245 e. The summed E-state index contributed by atoms with van der Waals surface area (Å²) in [6, 6.07) is 11.9. The number of aromatic nitrogens is 4. The lowest BCUT2D eigenvalue weighted by atomic mass is 9.85. The van der Waals surface area contributed by atoms with Gasteiger partial charge in [0.15, 0.2) is 5.82 Å². The molecule has 1 aromatic carbocycles. The molecule has 4 rings (SSSR count). The summed E-state index contributed by atoms with van der Waals surface area (Å²) in [6.07, 6.45) is 6.89. The summed E-state index contributed by atoms with van der Waals surface area (Å²) < 4.78 is 0. The predicted molar refractivity (Wildman–Crippen MR) is 128 cm³/mol. The van der Waals surface area contributed by atoms with Crippen molar-refractivity contribution in [1.29, 1.82) is 0 Å². The highest BCUT2D eigenvalue weighted by Gasteiger charge is 2.50. The number of hydrazine groups is 1. The van der Waals surface area contributed by atoms with Crippen molar-refractivity contribution in [3.63, 3.8) is 0 Å². The second-order valence-corrected chi connectivity index (χ2v) is 8.77. The quantitative estimate of drug-likeness (QED) is 0.510. The molecule has 0 bridgehead atoms. The third kappa shape index (κ3) is 5.32. The Hall–Kier alpha value is -3.42. The minimum Gasteiger partial charge on any atom is -0.354 e. The van der Waals surface area contributed by atoms with Gasteiger partial charge < -0.3 is 5.32 Å². The number of nitrogens with one attached hydrogen (secondary N) is 1. The van der Waals surface area contributed by atoms with Crippen LogP contribution in [0, 0.1) is 18.8 Å². The normalized spacial score (nSPS) is 18.4. The van der Waals surface area contributed by atoms with Gasteiger partial charge in [-0.2, -0.15) is 0 Å². The Morgan fingerprint density at radius 3 is 2.58 bits per heavy atom. The molecule has 2 aromatic heterocycles. The lowest BCUT2D eigenvalue weighted by Gasteiger charge is -2.33. The van der Waals surface area contributed by atoms with Crippen molar-refractivity contribution in [1.82, 2.24) is 24.9 Å². The highest BCUT2D eigenvalue weighted by Crippen LogP contribution is 2.32. The van der Waals surface area contributed by atoms with Crippen LogP contribution in [0.3, 0.4) is 0 Å². The topological polar surface area (TPSA) is 86.9 Å². The number of anilines is 1. The monoisotopic (exact) mass is 446 g/mol. The van der Waals surface area contributed by atoms with E-state index in [4.69, 9.17) is 0 Å². The van der Waals surface area contributed by atoms with E-state index in [9.17, 15) is 4.91 Å². The average Bonchev–Trinajstić information content (AvgIpc) is 2.82. The van der Waals surface area contributed by atoms with Gasteiger partial charge in [0.2, 0.25) is 11.5 Å². The number of hydrogen-bond donors (Lipinski definition) is 1. The number of benzene rings is 1. The van der Waals surface area contributed by atoms with Crippen molar-refractivity contribution in [2.45, 2.75) is 58.5 Å². The Morgan fingerprint density at radius 2 is 1.85 bits per heavy atom. The molecule has 8 nitrogen and oxygen atoms in total. The van der Waals surface area contributed by atoms with Crippen molar-refractivity contribution in [2.24, 2.45) is 0 Å². The van der Waals surface area contributed by atoms with E-state index >= 15 is 0 Å². The van der Waals surface area contributed by atoms with E-state index in [0.29, 0.717) is 24.9 Å². The molecule has 0 aliphatic carbocycles. The van der Waals surface area contributed by atoms with Gasteiger partial charge in [0, 0.05) is 55.2 Å². The molecule has 1 aliphatic rings. The first-order valence-electron chi connectivity index (χ1n) is 11.6. The molecular weight excluding hydrogens is 414 g/mol. The highest BCUT2D eigenvalue weighted by molar-refractivity contribution is 5.55. The zero-order valence-electron chi connectivity index (χ0n) is 19.7. The first-order valence-corrected chi connectivity index (χ1v) is 11.6. The van der Waals surface area contributed by atoms with Crippen molar-refractivity contribution >= 4 is 5.95 Å². The summed E-state index contributed by atoms with van der Waals surface area (Å²) in [5.41, 5.74) is 3.49. The van der Waals surface area contributed by atoms with Crippen LogP contribution in [-0.2, 0) is 6.54 Å². The minimum absolute atomic E-state index is 0.426. The van der Waals surface area contributed by atoms with E-state index in [0.717, 1.165) is 54.7 Å². The molecule has 0 saturated carbocycles. The van der Waals surface area contributed by atoms with Gasteiger partial charge in [0.05, 0.1) is 11.5 Å². The van der Waals surface area contributed by atoms with Crippen LogP contribution in [-0.4, -0.2) is 48.4 Å². The van der Waals surface area contributed by atoms with E-state index in [1.165, 1.54) is 4.87 Å². The standard InChI is InChI=1S/C25H32N7O/c1-4-25(11-14-28-24-29-19(2)16-20(3)30-24)10-6-15-31(32(25)33)18-21-8-5-9-22(17-21)23-26-12-7-13-27-23/h5,7-9,12-13,16-17H,4,6,10-11,14-15,18H2,1-3H3,(H,28,29,30)/q+1. The molecule has 1 saturated heterocycles. The summed E-state index contributed by atoms with van der Waals surface area (Å²) in [6.45, 7) is 8.01. The summed E-state index contributed by atoms with van der Waals surface area (Å²) >= 11 is 0. The van der Waals surface area contributed by atoms with Crippen molar-refractivity contribution in [3.05, 3.63) is 70.7 Å². The maximum absolute atomic E-state index is 13.5. The Bertz CT molecular complexity index is 1080. The van der Waals surface area contributed by atoms with E-state index in [1.54, 1.807) is 12.4 Å². The molecule has 3 aromatic rings. The van der Waals surface area contributed by atoms with Crippen LogP contribution < -0.4 is 5.32 Å². The van der Waals surface area contributed by atoms with Crippen LogP contribution in [0.2, 0.25) is 0 Å². The fraction of sp³-hybridized carbons (Fsp3) is 0.440. The molecule has 0 radical (unpaired) electrons. The van der Waals surface area contributed by atoms with Crippen molar-refractivity contribution in [2.75, 3.05) is 18.4 Å². The molecule has 1 N–H and O–H groups in total. The molecule has 1 fully saturated rings. The van der Waals surface area contributed by atoms with E-state index in [2.05, 4.69) is 44.3 Å². The zero-order chi connectivity index (χ0) is 23.3. The van der Waals surface area contributed by atoms with Crippen molar-refractivity contribution < 1.29 is 4.87 Å². The van der Waals surface area contributed by atoms with E-state index in [-0.39, 0.29) is 0 Å². The Labute approximate surface area is 195 Å². The number of rotatable bonds is 8. The van der Waals surface area contributed by atoms with Gasteiger partial charge in [-0.05, 0) is 44.0 Å². The van der Waals surface area contributed by atoms with Crippen LogP contribution in [0.1, 0.15) is 49.6 Å². The van der Waals surface area contributed by atoms with Gasteiger partial charge in [-0.15, -0.1) is 5.01 Å². The molecule has 0 spiro atoms. The third-order valence-corrected chi connectivity index (χ3v) is 6.35. The number of aryl methyl sites for hydroxylation is 2. The lowest BCUT2D eigenvalue weighted by Crippen LogP contribution is -2.54. The van der Waals surface area contributed by atoms with Crippen LogP contribution >= 0.6 is 0 Å². The SMILES string of the molecule is CCC1(CCNc2nc(C)cc(C)n2)CCCN(Cc2cccc(-c3ncccn3)c2)[N+]1=O. The van der Waals surface area contributed by atoms with Crippen molar-refractivity contribution in [3.8, 4) is 11.4 Å². The number of nitroso groups, excluding NO2 is 1. The van der Waals surface area contributed by atoms with Gasteiger partial charge in [0.1, 0.15) is 11.4 Å². The van der Waals surface area contributed by atoms with Gasteiger partial charge in [-0.25, -0.2) is 19.9 Å². The Morgan fingerprint density at radius 1 is 1.09 bits per heavy atom. The summed E-state index contributed by atoms with van der Waals surface area (Å²) in [4.78, 5) is 32.4. The van der Waals surface area contributed by atoms with Crippen LogP contribution in [0.5, 0.6) is 0 Å². The molecule has 1 unspecified atom stereocenters. The molecule has 1 atom stereocenters. The second kappa shape index (κ2) is 10.0. The molecule has 3 heterocycles. The molecule has 172 valence electrons. The van der Waals surface area contributed by atoms with Gasteiger partial charge in [-0.1, -0.05) is 25.1 Å². The van der Waals surface area contributed by atoms with Gasteiger partial charge >= 0.3 is 0 Å². The Kier molecular flexibility index (Phi) is 6.91.